The van der Waals surface area contributed by atoms with Crippen LogP contribution in [0.15, 0.2) is 4.99 Å². The van der Waals surface area contributed by atoms with Crippen LogP contribution < -0.4 is 10.6 Å². The average Bonchev–Trinajstić information content (AvgIpc) is 2.66. The molecule has 0 saturated carbocycles. The minimum absolute atomic E-state index is 0. The van der Waals surface area contributed by atoms with Crippen LogP contribution in [0.25, 0.3) is 0 Å². The molecule has 0 aliphatic carbocycles. The van der Waals surface area contributed by atoms with Gasteiger partial charge in [-0.25, -0.2) is 0 Å². The maximum atomic E-state index is 6.15. The predicted octanol–water partition coefficient (Wildman–Crippen LogP) is 3.27. The number of nitrogens with one attached hydrogen (secondary N) is 2. The molecule has 2 fully saturated rings. The number of hydrogen-bond acceptors (Lipinski definition) is 4. The summed E-state index contributed by atoms with van der Waals surface area (Å²) >= 11 is 0. The Morgan fingerprint density at radius 2 is 1.80 bits per heavy atom. The number of hydrogen-bond donors (Lipinski definition) is 2. The first-order valence-electron chi connectivity index (χ1n) is 11.8. The van der Waals surface area contributed by atoms with Crippen molar-refractivity contribution in [1.29, 1.82) is 0 Å². The Balaban J connectivity index is 0.00000450. The Bertz CT molecular complexity index is 500. The van der Waals surface area contributed by atoms with Gasteiger partial charge in [-0.15, -0.1) is 24.0 Å². The third kappa shape index (κ3) is 8.79. The van der Waals surface area contributed by atoms with E-state index in [1.807, 2.05) is 0 Å². The minimum Gasteiger partial charge on any atom is -0.377 e. The summed E-state index contributed by atoms with van der Waals surface area (Å²) in [6.07, 6.45) is 2.69. The quantitative estimate of drug-likeness (QED) is 0.297. The summed E-state index contributed by atoms with van der Waals surface area (Å²) in [5.74, 6) is 2.08. The van der Waals surface area contributed by atoms with Gasteiger partial charge in [-0.1, -0.05) is 34.6 Å². The van der Waals surface area contributed by atoms with E-state index in [1.165, 1.54) is 6.42 Å². The van der Waals surface area contributed by atoms with Crippen molar-refractivity contribution in [1.82, 2.24) is 20.4 Å². The number of nitrogens with zero attached hydrogens (tertiary/aromatic N) is 3. The molecule has 0 aromatic carbocycles. The number of piperazine rings is 1. The molecule has 2 rings (SSSR count). The van der Waals surface area contributed by atoms with Crippen molar-refractivity contribution >= 4 is 29.9 Å². The highest BCUT2D eigenvalue weighted by molar-refractivity contribution is 14.0. The molecule has 0 aromatic heterocycles. The Labute approximate surface area is 203 Å². The van der Waals surface area contributed by atoms with E-state index in [1.54, 1.807) is 0 Å². The molecule has 7 heteroatoms. The van der Waals surface area contributed by atoms with Crippen LogP contribution in [0.1, 0.15) is 54.4 Å². The fraction of sp³-hybridized carbons (Fsp3) is 0.957. The molecule has 178 valence electrons. The maximum Gasteiger partial charge on any atom is 0.191 e. The van der Waals surface area contributed by atoms with E-state index >= 15 is 0 Å². The highest BCUT2D eigenvalue weighted by Gasteiger charge is 2.35. The lowest BCUT2D eigenvalue weighted by molar-refractivity contribution is -0.0835. The van der Waals surface area contributed by atoms with Crippen LogP contribution in [0.5, 0.6) is 0 Å². The molecule has 2 N–H and O–H groups in total. The summed E-state index contributed by atoms with van der Waals surface area (Å²) < 4.78 is 6.15. The highest BCUT2D eigenvalue weighted by Crippen LogP contribution is 2.33. The zero-order chi connectivity index (χ0) is 21.4. The van der Waals surface area contributed by atoms with Crippen LogP contribution in [-0.2, 0) is 4.74 Å². The number of likely N-dealkylation sites (N-methyl/N-ethyl adjacent to an activating group) is 1. The summed E-state index contributed by atoms with van der Waals surface area (Å²) in [6, 6.07) is 0.500. The zero-order valence-electron chi connectivity index (χ0n) is 20.5. The van der Waals surface area contributed by atoms with Gasteiger partial charge in [0.1, 0.15) is 0 Å². The normalized spacial score (nSPS) is 25.7. The fourth-order valence-corrected chi connectivity index (χ4v) is 4.67. The predicted molar refractivity (Wildman–Crippen MR) is 139 cm³/mol. The van der Waals surface area contributed by atoms with Crippen LogP contribution in [-0.4, -0.2) is 87.4 Å². The van der Waals surface area contributed by atoms with Gasteiger partial charge < -0.3 is 20.3 Å². The first-order chi connectivity index (χ1) is 13.7. The van der Waals surface area contributed by atoms with E-state index in [2.05, 4.69) is 69.0 Å². The van der Waals surface area contributed by atoms with E-state index in [0.29, 0.717) is 24.0 Å². The summed E-state index contributed by atoms with van der Waals surface area (Å²) in [4.78, 5) is 10.0. The molecule has 0 spiro atoms. The molecule has 3 unspecified atom stereocenters. The van der Waals surface area contributed by atoms with Crippen LogP contribution in [0.3, 0.4) is 0 Å². The number of aliphatic imine (C=N–C) groups is 1. The molecule has 2 saturated heterocycles. The second-order valence-corrected chi connectivity index (χ2v) is 10.3. The van der Waals surface area contributed by atoms with Crippen molar-refractivity contribution in [3.8, 4) is 0 Å². The van der Waals surface area contributed by atoms with Gasteiger partial charge in [-0.05, 0) is 38.1 Å². The van der Waals surface area contributed by atoms with Gasteiger partial charge in [0, 0.05) is 57.8 Å². The molecule has 3 atom stereocenters. The third-order valence-electron chi connectivity index (χ3n) is 6.39. The molecule has 30 heavy (non-hydrogen) atoms. The molecular formula is C23H48IN5O. The van der Waals surface area contributed by atoms with Crippen molar-refractivity contribution in [2.24, 2.45) is 22.2 Å². The Kier molecular flexibility index (Phi) is 12.5. The standard InChI is InChI=1S/C23H47N5O.HI/c1-8-24-22(25-16-19-10-9-15-29-21(19)23(4,5)6)26-17-20(18(2)3)28-13-11-27(7)12-14-28;/h18-21H,8-17H2,1-7H3,(H2,24,25,26);1H. The Hall–Kier alpha value is -0.120. The highest BCUT2D eigenvalue weighted by atomic mass is 127. The van der Waals surface area contributed by atoms with Gasteiger partial charge in [-0.3, -0.25) is 9.89 Å². The fourth-order valence-electron chi connectivity index (χ4n) is 4.67. The number of rotatable bonds is 7. The molecule has 0 amide bonds. The van der Waals surface area contributed by atoms with Gasteiger partial charge >= 0.3 is 0 Å². The van der Waals surface area contributed by atoms with Gasteiger partial charge in [-0.2, -0.15) is 0 Å². The SMILES string of the molecule is CCNC(=NCC(C(C)C)N1CCN(C)CC1)NCC1CCCOC1C(C)(C)C.I. The first-order valence-corrected chi connectivity index (χ1v) is 11.8. The molecule has 6 nitrogen and oxygen atoms in total. The summed E-state index contributed by atoms with van der Waals surface area (Å²) in [5.41, 5.74) is 0.173. The van der Waals surface area contributed by atoms with Gasteiger partial charge in [0.05, 0.1) is 12.6 Å². The largest absolute Gasteiger partial charge is 0.377 e. The first kappa shape index (κ1) is 27.9. The lowest BCUT2D eigenvalue weighted by atomic mass is 9.78. The molecule has 0 aromatic rings. The van der Waals surface area contributed by atoms with E-state index in [0.717, 1.165) is 64.8 Å². The van der Waals surface area contributed by atoms with E-state index in [-0.39, 0.29) is 29.4 Å². The van der Waals surface area contributed by atoms with E-state index < -0.39 is 0 Å². The molecule has 2 aliphatic rings. The van der Waals surface area contributed by atoms with Crippen molar-refractivity contribution in [2.75, 3.05) is 59.5 Å². The smallest absolute Gasteiger partial charge is 0.191 e. The lowest BCUT2D eigenvalue weighted by Crippen LogP contribution is -2.52. The van der Waals surface area contributed by atoms with E-state index in [4.69, 9.17) is 9.73 Å². The van der Waals surface area contributed by atoms with Crippen LogP contribution in [0, 0.1) is 17.3 Å². The van der Waals surface area contributed by atoms with Crippen LogP contribution >= 0.6 is 24.0 Å². The lowest BCUT2D eigenvalue weighted by Gasteiger charge is -2.40. The zero-order valence-corrected chi connectivity index (χ0v) is 22.9. The maximum absolute atomic E-state index is 6.15. The van der Waals surface area contributed by atoms with Gasteiger partial charge in [0.25, 0.3) is 0 Å². The van der Waals surface area contributed by atoms with Crippen molar-refractivity contribution in [3.05, 3.63) is 0 Å². The molecule has 0 bridgehead atoms. The number of halogens is 1. The van der Waals surface area contributed by atoms with Crippen LogP contribution in [0.2, 0.25) is 0 Å². The van der Waals surface area contributed by atoms with Crippen molar-refractivity contribution in [2.45, 2.75) is 66.5 Å². The van der Waals surface area contributed by atoms with Crippen molar-refractivity contribution in [3.63, 3.8) is 0 Å². The Morgan fingerprint density at radius 1 is 1.13 bits per heavy atom. The van der Waals surface area contributed by atoms with Crippen LogP contribution in [0.4, 0.5) is 0 Å². The molecule has 0 radical (unpaired) electrons. The van der Waals surface area contributed by atoms with Gasteiger partial charge in [0.2, 0.25) is 0 Å². The third-order valence-corrected chi connectivity index (χ3v) is 6.39. The summed E-state index contributed by atoms with van der Waals surface area (Å²) in [5, 5.41) is 7.08. The van der Waals surface area contributed by atoms with E-state index in [9.17, 15) is 0 Å². The minimum atomic E-state index is 0. The molecule has 2 heterocycles. The van der Waals surface area contributed by atoms with Gasteiger partial charge in [0.15, 0.2) is 5.96 Å². The Morgan fingerprint density at radius 3 is 2.37 bits per heavy atom. The monoisotopic (exact) mass is 537 g/mol. The topological polar surface area (TPSA) is 52.1 Å². The molecular weight excluding hydrogens is 489 g/mol. The summed E-state index contributed by atoms with van der Waals surface area (Å²) in [6.45, 7) is 21.8. The number of ether oxygens (including phenoxy) is 1. The number of guanidine groups is 1. The summed E-state index contributed by atoms with van der Waals surface area (Å²) in [7, 11) is 2.22. The van der Waals surface area contributed by atoms with Crippen molar-refractivity contribution < 1.29 is 4.74 Å². The second kappa shape index (κ2) is 13.4. The molecule has 2 aliphatic heterocycles. The average molecular weight is 538 g/mol. The second-order valence-electron chi connectivity index (χ2n) is 10.3.